The van der Waals surface area contributed by atoms with Crippen molar-refractivity contribution in [2.45, 2.75) is 45.8 Å². The molecular weight excluding hydrogens is 619 g/mol. The van der Waals surface area contributed by atoms with E-state index in [-0.39, 0.29) is 5.41 Å². The number of rotatable bonds is 4. The zero-order valence-corrected chi connectivity index (χ0v) is 29.6. The largest absolute Gasteiger partial charge is 0.455 e. The highest BCUT2D eigenvalue weighted by molar-refractivity contribution is 6.88. The Morgan fingerprint density at radius 2 is 1.39 bits per heavy atom. The number of nitrogens with zero attached hydrogens (tertiary/aromatic N) is 3. The third-order valence-electron chi connectivity index (χ3n) is 9.63. The van der Waals surface area contributed by atoms with Crippen LogP contribution in [0.1, 0.15) is 26.7 Å². The fraction of sp³-hybridized carbons (Fsp3) is 0.163. The first-order chi connectivity index (χ1) is 23.5. The smallest absolute Gasteiger partial charge is 0.200 e. The second-order valence-corrected chi connectivity index (χ2v) is 20.2. The molecule has 5 nitrogen and oxygen atoms in total. The number of hydrogen-bond acceptors (Lipinski definition) is 4. The molecule has 0 atom stereocenters. The van der Waals surface area contributed by atoms with Gasteiger partial charge in [0.2, 0.25) is 5.89 Å². The Kier molecular flexibility index (Phi) is 6.37. The molecule has 0 saturated heterocycles. The van der Waals surface area contributed by atoms with Gasteiger partial charge in [0.25, 0.3) is 0 Å². The van der Waals surface area contributed by atoms with Gasteiger partial charge in [-0.25, -0.2) is 9.97 Å². The Morgan fingerprint density at radius 1 is 0.633 bits per heavy atom. The minimum absolute atomic E-state index is 0.190. The Morgan fingerprint density at radius 3 is 2.14 bits per heavy atom. The van der Waals surface area contributed by atoms with Gasteiger partial charge < -0.3 is 8.83 Å². The molecule has 0 radical (unpaired) electrons. The first kappa shape index (κ1) is 29.7. The first-order valence-corrected chi connectivity index (χ1v) is 20.4. The van der Waals surface area contributed by atoms with Crippen molar-refractivity contribution < 1.29 is 8.83 Å². The summed E-state index contributed by atoms with van der Waals surface area (Å²) in [4.78, 5) is 10.3. The van der Waals surface area contributed by atoms with Gasteiger partial charge in [0, 0.05) is 32.8 Å². The fourth-order valence-corrected chi connectivity index (χ4v) is 8.19. The lowest BCUT2D eigenvalue weighted by atomic mass is 9.97. The molecule has 3 aromatic heterocycles. The number of hydrogen-bond donors (Lipinski definition) is 0. The molecule has 6 aromatic carbocycles. The molecule has 49 heavy (non-hydrogen) atoms. The lowest BCUT2D eigenvalue weighted by Gasteiger charge is -2.18. The lowest BCUT2D eigenvalue weighted by molar-refractivity contribution is 0.411. The summed E-state index contributed by atoms with van der Waals surface area (Å²) in [6.45, 7) is 13.5. The highest BCUT2D eigenvalue weighted by Gasteiger charge is 2.25. The van der Waals surface area contributed by atoms with Crippen LogP contribution in [0.3, 0.4) is 0 Å². The van der Waals surface area contributed by atoms with Crippen LogP contribution in [0.15, 0.2) is 124 Å². The minimum Gasteiger partial charge on any atom is -0.455 e. The highest BCUT2D eigenvalue weighted by Crippen LogP contribution is 2.42. The number of para-hydroxylation sites is 2. The summed E-state index contributed by atoms with van der Waals surface area (Å²) in [5.74, 6) is 1.58. The third kappa shape index (κ3) is 4.73. The van der Waals surface area contributed by atoms with Gasteiger partial charge in [-0.05, 0) is 53.4 Å². The molecule has 0 aliphatic rings. The summed E-state index contributed by atoms with van der Waals surface area (Å²) in [7, 11) is -1.49. The van der Waals surface area contributed by atoms with Crippen LogP contribution in [-0.4, -0.2) is 22.6 Å². The molecule has 0 aliphatic heterocycles. The summed E-state index contributed by atoms with van der Waals surface area (Å²) >= 11 is 0. The van der Waals surface area contributed by atoms with Gasteiger partial charge in [-0.15, -0.1) is 0 Å². The van der Waals surface area contributed by atoms with E-state index in [0.29, 0.717) is 0 Å². The number of benzene rings is 6. The molecule has 0 unspecified atom stereocenters. The molecule has 0 saturated carbocycles. The van der Waals surface area contributed by atoms with E-state index in [0.717, 1.165) is 88.9 Å². The van der Waals surface area contributed by atoms with Crippen molar-refractivity contribution in [1.82, 2.24) is 14.5 Å². The van der Waals surface area contributed by atoms with Crippen molar-refractivity contribution in [3.8, 4) is 28.2 Å². The SMILES string of the molecule is CC(C)(C)c1nc2c(ccc3cc4c(cc32)oc2c(-c3nc5cccc(-c6ccccc6)c5n3-c3ccc([Si](C)(C)C)cc3)cccc24)o1. The molecule has 3 heterocycles. The van der Waals surface area contributed by atoms with E-state index in [1.165, 1.54) is 5.19 Å². The molecule has 9 rings (SSSR count). The van der Waals surface area contributed by atoms with Gasteiger partial charge in [-0.3, -0.25) is 4.57 Å². The number of aromatic nitrogens is 3. The van der Waals surface area contributed by atoms with Gasteiger partial charge in [0.15, 0.2) is 5.58 Å². The van der Waals surface area contributed by atoms with Crippen LogP contribution in [0.25, 0.3) is 83.0 Å². The fourth-order valence-electron chi connectivity index (χ4n) is 7.02. The predicted molar refractivity (Wildman–Crippen MR) is 206 cm³/mol. The van der Waals surface area contributed by atoms with E-state index >= 15 is 0 Å². The Balaban J connectivity index is 1.32. The molecular formula is C43H37N3O2Si. The quantitative estimate of drug-likeness (QED) is 0.177. The van der Waals surface area contributed by atoms with Crippen LogP contribution < -0.4 is 5.19 Å². The Labute approximate surface area is 285 Å². The number of fused-ring (bicyclic) bond motifs is 7. The van der Waals surface area contributed by atoms with Crippen LogP contribution in [0.4, 0.5) is 0 Å². The van der Waals surface area contributed by atoms with E-state index in [4.69, 9.17) is 18.8 Å². The summed E-state index contributed by atoms with van der Waals surface area (Å²) in [5.41, 5.74) is 9.42. The standard InChI is InChI=1S/C43H37N3O2Si/c1-43(2,3)42-45-38-33-25-37-34(24-27(33)18-23-36(38)48-42)31-15-10-16-32(40(31)47-37)41-44-35-17-11-14-30(26-12-8-7-9-13-26)39(35)46(41)28-19-21-29(22-20-28)49(4,5)6/h7-25H,1-6H3. The Hall–Kier alpha value is -5.46. The monoisotopic (exact) mass is 655 g/mol. The topological polar surface area (TPSA) is 57.0 Å². The van der Waals surface area contributed by atoms with E-state index in [1.54, 1.807) is 0 Å². The summed E-state index contributed by atoms with van der Waals surface area (Å²) in [6, 6.07) is 41.0. The van der Waals surface area contributed by atoms with Gasteiger partial charge in [0.1, 0.15) is 22.5 Å². The van der Waals surface area contributed by atoms with Crippen LogP contribution in [0.5, 0.6) is 0 Å². The summed E-state index contributed by atoms with van der Waals surface area (Å²) in [6.07, 6.45) is 0. The molecule has 0 spiro atoms. The maximum absolute atomic E-state index is 6.83. The van der Waals surface area contributed by atoms with E-state index in [9.17, 15) is 0 Å². The van der Waals surface area contributed by atoms with Gasteiger partial charge >= 0.3 is 0 Å². The molecule has 6 heteroatoms. The lowest BCUT2D eigenvalue weighted by Crippen LogP contribution is -2.37. The molecule has 0 bridgehead atoms. The second-order valence-electron chi connectivity index (χ2n) is 15.1. The Bertz CT molecular complexity index is 2720. The maximum Gasteiger partial charge on any atom is 0.200 e. The zero-order valence-electron chi connectivity index (χ0n) is 28.6. The maximum atomic E-state index is 6.83. The third-order valence-corrected chi connectivity index (χ3v) is 11.7. The molecule has 240 valence electrons. The average Bonchev–Trinajstić information content (AvgIpc) is 3.81. The van der Waals surface area contributed by atoms with Crippen LogP contribution in [0.2, 0.25) is 19.6 Å². The van der Waals surface area contributed by atoms with Crippen molar-refractivity contribution >= 4 is 68.1 Å². The van der Waals surface area contributed by atoms with Crippen LogP contribution >= 0.6 is 0 Å². The van der Waals surface area contributed by atoms with Crippen molar-refractivity contribution in [1.29, 1.82) is 0 Å². The van der Waals surface area contributed by atoms with Gasteiger partial charge in [0.05, 0.1) is 24.7 Å². The van der Waals surface area contributed by atoms with Crippen molar-refractivity contribution in [3.05, 3.63) is 121 Å². The molecule has 9 aromatic rings. The predicted octanol–water partition coefficient (Wildman–Crippen LogP) is 11.4. The molecule has 0 amide bonds. The first-order valence-electron chi connectivity index (χ1n) is 16.9. The molecule has 0 aliphatic carbocycles. The number of imidazole rings is 1. The van der Waals surface area contributed by atoms with Crippen molar-refractivity contribution in [2.24, 2.45) is 0 Å². The molecule has 0 N–H and O–H groups in total. The van der Waals surface area contributed by atoms with E-state index < -0.39 is 8.07 Å². The van der Waals surface area contributed by atoms with Gasteiger partial charge in [-0.2, -0.15) is 0 Å². The summed E-state index contributed by atoms with van der Waals surface area (Å²) < 4.78 is 15.3. The second kappa shape index (κ2) is 10.5. The van der Waals surface area contributed by atoms with Crippen LogP contribution in [0, 0.1) is 0 Å². The number of oxazole rings is 1. The van der Waals surface area contributed by atoms with E-state index in [1.807, 2.05) is 6.07 Å². The minimum atomic E-state index is -1.49. The van der Waals surface area contributed by atoms with Gasteiger partial charge in [-0.1, -0.05) is 118 Å². The average molecular weight is 656 g/mol. The van der Waals surface area contributed by atoms with E-state index in [2.05, 4.69) is 154 Å². The van der Waals surface area contributed by atoms with Crippen molar-refractivity contribution in [2.75, 3.05) is 0 Å². The normalized spacial score (nSPS) is 12.7. The summed E-state index contributed by atoms with van der Waals surface area (Å²) in [5, 5.41) is 5.67. The van der Waals surface area contributed by atoms with Crippen molar-refractivity contribution in [3.63, 3.8) is 0 Å². The highest BCUT2D eigenvalue weighted by atomic mass is 28.3. The molecule has 0 fully saturated rings. The zero-order chi connectivity index (χ0) is 33.7. The number of furan rings is 1. The van der Waals surface area contributed by atoms with Crippen LogP contribution in [-0.2, 0) is 5.41 Å².